The van der Waals surface area contributed by atoms with Gasteiger partial charge in [0.2, 0.25) is 0 Å². The van der Waals surface area contributed by atoms with E-state index in [9.17, 15) is 84.2 Å². The molecular weight excluding hydrogens is 1140 g/mol. The molecular formula is C59H108N8O20. The first-order valence-corrected chi connectivity index (χ1v) is 29.0. The van der Waals surface area contributed by atoms with Gasteiger partial charge in [0.05, 0.1) is 37.9 Å². The lowest BCUT2D eigenvalue weighted by Gasteiger charge is -2.47. The Morgan fingerprint density at radius 2 is 0.575 bits per heavy atom. The molecule has 0 spiro atoms. The van der Waals surface area contributed by atoms with Crippen LogP contribution >= 0.6 is 0 Å². The Bertz CT molecular complexity index is 2050. The average Bonchev–Trinajstić information content (AvgIpc) is 1.65. The molecule has 87 heavy (non-hydrogen) atoms. The number of rotatable bonds is 15. The smallest absolute Gasteiger partial charge is 0.317 e. The highest BCUT2D eigenvalue weighted by Gasteiger charge is 2.51. The number of hydrogen-bond acceptors (Lipinski definition) is 23. The van der Waals surface area contributed by atoms with Gasteiger partial charge in [0.25, 0.3) is 0 Å². The van der Waals surface area contributed by atoms with Crippen molar-refractivity contribution >= 4 is 58.8 Å². The second kappa shape index (κ2) is 30.8. The minimum atomic E-state index is -2.15. The van der Waals surface area contributed by atoms with E-state index in [-0.39, 0.29) is 42.0 Å². The van der Waals surface area contributed by atoms with Gasteiger partial charge >= 0.3 is 29.8 Å². The molecule has 0 aliphatic carbocycles. The van der Waals surface area contributed by atoms with E-state index < -0.39 is 129 Å². The van der Waals surface area contributed by atoms with Gasteiger partial charge in [-0.25, -0.2) is 0 Å². The van der Waals surface area contributed by atoms with Gasteiger partial charge in [-0.05, 0) is 138 Å². The molecule has 0 bridgehead atoms. The highest BCUT2D eigenvalue weighted by molar-refractivity contribution is 5.84. The Labute approximate surface area is 513 Å². The quantitative estimate of drug-likeness (QED) is 0.0959. The fourth-order valence-electron chi connectivity index (χ4n) is 12.8. The largest absolute Gasteiger partial charge is 0.481 e. The highest BCUT2D eigenvalue weighted by Crippen LogP contribution is 2.39. The van der Waals surface area contributed by atoms with E-state index in [4.69, 9.17) is 21.1 Å². The number of carboxylic acids is 5. The maximum absolute atomic E-state index is 11.4. The van der Waals surface area contributed by atoms with Crippen molar-refractivity contribution in [3.8, 4) is 0 Å². The molecule has 5 rings (SSSR count). The molecule has 1 unspecified atom stereocenters. The van der Waals surface area contributed by atoms with Crippen LogP contribution in [0.5, 0.6) is 0 Å². The van der Waals surface area contributed by atoms with Gasteiger partial charge in [0.15, 0.2) is 0 Å². The molecule has 5 aliphatic rings. The molecule has 0 saturated carbocycles. The lowest BCUT2D eigenvalue weighted by molar-refractivity contribution is -0.237. The summed E-state index contributed by atoms with van der Waals surface area (Å²) in [6.45, 7) is 35.6. The second-order valence-electron chi connectivity index (χ2n) is 29.9. The predicted octanol–water partition coefficient (Wildman–Crippen LogP) is 5.53. The van der Waals surface area contributed by atoms with Crippen LogP contribution in [0, 0.1) is 0 Å². The van der Waals surface area contributed by atoms with Gasteiger partial charge < -0.3 is 62.6 Å². The van der Waals surface area contributed by atoms with E-state index in [0.717, 1.165) is 0 Å². The van der Waals surface area contributed by atoms with Crippen molar-refractivity contribution in [2.75, 3.05) is 26.2 Å². The van der Waals surface area contributed by atoms with Crippen LogP contribution < -0.4 is 11.1 Å². The summed E-state index contributed by atoms with van der Waals surface area (Å²) in [4.78, 5) is 114. The summed E-state index contributed by atoms with van der Waals surface area (Å²) in [5, 5.41) is 104. The summed E-state index contributed by atoms with van der Waals surface area (Å²) >= 11 is 0. The molecule has 504 valence electrons. The minimum Gasteiger partial charge on any atom is -0.481 e. The van der Waals surface area contributed by atoms with Crippen LogP contribution in [-0.4, -0.2) is 234 Å². The number of hydrogen-bond donors (Lipinski definition) is 12. The molecule has 13 N–H and O–H groups in total. The van der Waals surface area contributed by atoms with Crippen molar-refractivity contribution < 1.29 is 99.5 Å². The van der Waals surface area contributed by atoms with Crippen LogP contribution in [-0.2, 0) is 47.9 Å². The molecule has 1 atom stereocenters. The van der Waals surface area contributed by atoms with Crippen molar-refractivity contribution in [1.29, 1.82) is 0 Å². The summed E-state index contributed by atoms with van der Waals surface area (Å²) in [6.07, 6.45) is 1.58. The average molecular weight is 1250 g/mol. The molecule has 0 aromatic rings. The van der Waals surface area contributed by atoms with Crippen molar-refractivity contribution in [3.05, 3.63) is 0 Å². The fraction of sp³-hybridized carbons (Fsp3) is 0.831. The third-order valence-corrected chi connectivity index (χ3v) is 15.8. The number of nitrogens with one attached hydrogen (secondary N) is 1. The molecule has 28 heteroatoms. The standard InChI is InChI=1S/C14H23N3O10.5C9H17NO2/c15-1-2-16-8(3-9(18)19)14(4-10(20)21,5-11(22)23)17(6-12(24)25)7-13(26)27;5*1-8(2)5-7(11)6-9(3,4)10(8)12/h8,16H,1-7,15H2,(H,18,19)(H,20,21)(H,22,23)(H,24,25)(H,26,27);5*12H,5-6H2,1-4H3. The summed E-state index contributed by atoms with van der Waals surface area (Å²) in [5.41, 5.74) is -0.982. The number of aliphatic carboxylic acids is 5. The number of ketones is 5. The maximum atomic E-state index is 11.4. The van der Waals surface area contributed by atoms with Crippen molar-refractivity contribution in [3.63, 3.8) is 0 Å². The monoisotopic (exact) mass is 1250 g/mol. The zero-order valence-corrected chi connectivity index (χ0v) is 55.4. The van der Waals surface area contributed by atoms with E-state index >= 15 is 0 Å². The summed E-state index contributed by atoms with van der Waals surface area (Å²) in [5.74, 6) is -6.45. The molecule has 0 aromatic carbocycles. The molecule has 5 aliphatic heterocycles. The normalized spacial score (nSPS) is 23.8. The number of carbonyl (C=O) groups is 10. The first-order valence-electron chi connectivity index (χ1n) is 29.0. The Morgan fingerprint density at radius 3 is 0.713 bits per heavy atom. The molecule has 5 saturated heterocycles. The summed E-state index contributed by atoms with van der Waals surface area (Å²) < 4.78 is 0. The van der Waals surface area contributed by atoms with E-state index in [1.165, 1.54) is 25.3 Å². The molecule has 0 radical (unpaired) electrons. The highest BCUT2D eigenvalue weighted by atomic mass is 16.5. The van der Waals surface area contributed by atoms with Crippen LogP contribution in [0.3, 0.4) is 0 Å². The van der Waals surface area contributed by atoms with Crippen LogP contribution in [0.2, 0.25) is 0 Å². The van der Waals surface area contributed by atoms with Gasteiger partial charge in [0.1, 0.15) is 28.9 Å². The maximum Gasteiger partial charge on any atom is 0.317 e. The number of Topliss-reactive ketones (excluding diaryl/α,β-unsaturated/α-hetero) is 5. The van der Waals surface area contributed by atoms with Gasteiger partial charge in [-0.1, -0.05) is 0 Å². The zero-order valence-electron chi connectivity index (χ0n) is 55.4. The lowest BCUT2D eigenvalue weighted by atomic mass is 9.79. The third kappa shape index (κ3) is 24.8. The number of carboxylic acid groups (broad SMARTS) is 5. The first kappa shape index (κ1) is 82.2. The number of piperidine rings is 5. The second-order valence-corrected chi connectivity index (χ2v) is 29.9. The first-order chi connectivity index (χ1) is 38.7. The third-order valence-electron chi connectivity index (χ3n) is 15.8. The number of hydroxylamine groups is 10. The molecule has 5 heterocycles. The van der Waals surface area contributed by atoms with Gasteiger partial charge in [-0.15, -0.1) is 0 Å². The lowest BCUT2D eigenvalue weighted by Crippen LogP contribution is -2.65. The van der Waals surface area contributed by atoms with Crippen LogP contribution in [0.25, 0.3) is 0 Å². The van der Waals surface area contributed by atoms with Crippen molar-refractivity contribution in [2.45, 2.75) is 289 Å². The van der Waals surface area contributed by atoms with Gasteiger partial charge in [-0.2, -0.15) is 25.3 Å². The zero-order chi connectivity index (χ0) is 69.0. The molecule has 0 amide bonds. The molecule has 28 nitrogen and oxygen atoms in total. The van der Waals surface area contributed by atoms with Crippen molar-refractivity contribution in [1.82, 2.24) is 35.5 Å². The van der Waals surface area contributed by atoms with Crippen LogP contribution in [0.15, 0.2) is 0 Å². The number of nitrogens with zero attached hydrogens (tertiary/aromatic N) is 6. The summed E-state index contributed by atoms with van der Waals surface area (Å²) in [6, 6.07) is -1.40. The van der Waals surface area contributed by atoms with E-state index in [1.54, 1.807) is 0 Å². The van der Waals surface area contributed by atoms with Crippen molar-refractivity contribution in [2.24, 2.45) is 5.73 Å². The van der Waals surface area contributed by atoms with Gasteiger partial charge in [-0.3, -0.25) is 52.8 Å². The molecule has 5 fully saturated rings. The Morgan fingerprint density at radius 1 is 0.391 bits per heavy atom. The van der Waals surface area contributed by atoms with Gasteiger partial charge in [0, 0.05) is 139 Å². The van der Waals surface area contributed by atoms with E-state index in [0.29, 0.717) is 69.1 Å². The number of carbonyl (C=O) groups excluding carboxylic acids is 5. The summed E-state index contributed by atoms with van der Waals surface area (Å²) in [7, 11) is 0. The molecule has 0 aromatic heterocycles. The predicted molar refractivity (Wildman–Crippen MR) is 317 cm³/mol. The fourth-order valence-corrected chi connectivity index (χ4v) is 12.8. The van der Waals surface area contributed by atoms with E-state index in [1.807, 2.05) is 138 Å². The topological polar surface area (TPSA) is 430 Å². The Kier molecular flexibility index (Phi) is 29.1. The SMILES string of the molecule is CC1(C)CC(=O)CC(C)(C)N1O.CC1(C)CC(=O)CC(C)(C)N1O.CC1(C)CC(=O)CC(C)(C)N1O.CC1(C)CC(=O)CC(C)(C)N1O.CC1(C)CC(=O)CC(C)(C)N1O.NCCNC(CC(=O)O)C(CC(=O)O)(CC(=O)O)N(CC(=O)O)CC(=O)O. The Balaban J connectivity index is 0.00000106. The van der Waals surface area contributed by atoms with Crippen LogP contribution in [0.4, 0.5) is 0 Å². The minimum absolute atomic E-state index is 0.00972. The number of nitrogens with two attached hydrogens (primary N) is 1. The Hall–Kier alpha value is -4.82. The van der Waals surface area contributed by atoms with Crippen LogP contribution in [0.1, 0.15) is 222 Å². The van der Waals surface area contributed by atoms with E-state index in [2.05, 4.69) is 5.32 Å².